The summed E-state index contributed by atoms with van der Waals surface area (Å²) in [5.74, 6) is -0.432. The van der Waals surface area contributed by atoms with Gasteiger partial charge in [0.1, 0.15) is 0 Å². The summed E-state index contributed by atoms with van der Waals surface area (Å²) < 4.78 is 2.14. The first kappa shape index (κ1) is 19.1. The Morgan fingerprint density at radius 3 is 2.67 bits per heavy atom. The van der Waals surface area contributed by atoms with E-state index >= 15 is 0 Å². The number of aromatic nitrogens is 2. The van der Waals surface area contributed by atoms with Gasteiger partial charge < -0.3 is 15.4 Å². The zero-order valence-electron chi connectivity index (χ0n) is 16.0. The average Bonchev–Trinajstić information content (AvgIpc) is 2.95. The predicted octanol–water partition coefficient (Wildman–Crippen LogP) is 3.84. The Labute approximate surface area is 159 Å². The monoisotopic (exact) mass is 365 g/mol. The third-order valence-corrected chi connectivity index (χ3v) is 5.04. The highest BCUT2D eigenvalue weighted by atomic mass is 16.3. The third kappa shape index (κ3) is 3.74. The largest absolute Gasteiger partial charge is 0.396 e. The fraction of sp³-hybridized carbons (Fsp3) is 0.364. The molecular formula is C22H27N3O2. The van der Waals surface area contributed by atoms with Crippen molar-refractivity contribution in [2.75, 3.05) is 6.61 Å². The number of carbonyl (C=O) groups excluding carboxylic acids is 1. The number of amides is 1. The number of carbonyl (C=O) groups is 1. The maximum absolute atomic E-state index is 12.3. The number of pyridine rings is 1. The van der Waals surface area contributed by atoms with Crippen LogP contribution >= 0.6 is 0 Å². The molecular weight excluding hydrogens is 338 g/mol. The quantitative estimate of drug-likeness (QED) is 0.636. The topological polar surface area (TPSA) is 81.1 Å². The molecule has 1 aromatic carbocycles. The van der Waals surface area contributed by atoms with Gasteiger partial charge in [-0.1, -0.05) is 37.6 Å². The maximum Gasteiger partial charge on any atom is 0.251 e. The molecule has 0 aliphatic heterocycles. The van der Waals surface area contributed by atoms with Gasteiger partial charge in [-0.05, 0) is 38.3 Å². The van der Waals surface area contributed by atoms with Crippen LogP contribution in [0.3, 0.4) is 0 Å². The molecule has 0 saturated heterocycles. The number of unbranched alkanes of at least 4 members (excludes halogenated alkanes) is 1. The third-order valence-electron chi connectivity index (χ3n) is 5.04. The lowest BCUT2D eigenvalue weighted by Gasteiger charge is -2.12. The lowest BCUT2D eigenvalue weighted by atomic mass is 10.0. The summed E-state index contributed by atoms with van der Waals surface area (Å²) in [7, 11) is 0. The van der Waals surface area contributed by atoms with E-state index in [0.717, 1.165) is 52.8 Å². The SMILES string of the molecule is CCCCc1c(-c2ccc3ccccc3n2)c(C(N)=O)c(C)n1CCCO. The second-order valence-electron chi connectivity index (χ2n) is 6.87. The molecule has 0 atom stereocenters. The summed E-state index contributed by atoms with van der Waals surface area (Å²) in [6.07, 6.45) is 3.55. The van der Waals surface area contributed by atoms with E-state index in [4.69, 9.17) is 10.7 Å². The van der Waals surface area contributed by atoms with Crippen molar-refractivity contribution >= 4 is 16.8 Å². The van der Waals surface area contributed by atoms with Crippen molar-refractivity contribution in [2.24, 2.45) is 5.73 Å². The molecule has 0 spiro atoms. The molecule has 5 heteroatoms. The van der Waals surface area contributed by atoms with Gasteiger partial charge in [0.15, 0.2) is 0 Å². The summed E-state index contributed by atoms with van der Waals surface area (Å²) >= 11 is 0. The Bertz CT molecular complexity index is 960. The molecule has 5 nitrogen and oxygen atoms in total. The van der Waals surface area contributed by atoms with Crippen LogP contribution in [0.25, 0.3) is 22.2 Å². The molecule has 2 aromatic heterocycles. The lowest BCUT2D eigenvalue weighted by molar-refractivity contribution is 0.1000. The van der Waals surface area contributed by atoms with Crippen LogP contribution in [0.1, 0.15) is 47.9 Å². The number of primary amides is 1. The zero-order valence-corrected chi connectivity index (χ0v) is 16.0. The fourth-order valence-corrected chi connectivity index (χ4v) is 3.72. The molecule has 0 aliphatic rings. The van der Waals surface area contributed by atoms with Gasteiger partial charge in [-0.3, -0.25) is 4.79 Å². The number of rotatable bonds is 8. The van der Waals surface area contributed by atoms with Crippen molar-refractivity contribution in [1.29, 1.82) is 0 Å². The number of aliphatic hydroxyl groups excluding tert-OH is 1. The van der Waals surface area contributed by atoms with Gasteiger partial charge in [0.2, 0.25) is 0 Å². The number of aliphatic hydroxyl groups is 1. The normalized spacial score (nSPS) is 11.2. The highest BCUT2D eigenvalue weighted by Gasteiger charge is 2.25. The van der Waals surface area contributed by atoms with Crippen molar-refractivity contribution in [2.45, 2.75) is 46.1 Å². The van der Waals surface area contributed by atoms with Crippen molar-refractivity contribution in [3.05, 3.63) is 53.3 Å². The number of hydrogen-bond donors (Lipinski definition) is 2. The van der Waals surface area contributed by atoms with Crippen molar-refractivity contribution < 1.29 is 9.90 Å². The summed E-state index contributed by atoms with van der Waals surface area (Å²) in [5, 5.41) is 10.4. The second-order valence-corrected chi connectivity index (χ2v) is 6.87. The molecule has 3 N–H and O–H groups in total. The summed E-state index contributed by atoms with van der Waals surface area (Å²) in [6, 6.07) is 12.0. The van der Waals surface area contributed by atoms with Crippen LogP contribution in [0.15, 0.2) is 36.4 Å². The Morgan fingerprint density at radius 2 is 1.96 bits per heavy atom. The van der Waals surface area contributed by atoms with Crippen LogP contribution in [0.2, 0.25) is 0 Å². The van der Waals surface area contributed by atoms with E-state index in [-0.39, 0.29) is 6.61 Å². The van der Waals surface area contributed by atoms with Crippen LogP contribution in [0.5, 0.6) is 0 Å². The van der Waals surface area contributed by atoms with Gasteiger partial charge >= 0.3 is 0 Å². The first-order valence-corrected chi connectivity index (χ1v) is 9.57. The zero-order chi connectivity index (χ0) is 19.4. The van der Waals surface area contributed by atoms with E-state index in [9.17, 15) is 9.90 Å². The van der Waals surface area contributed by atoms with Crippen LogP contribution in [0.4, 0.5) is 0 Å². The van der Waals surface area contributed by atoms with Crippen LogP contribution < -0.4 is 5.73 Å². The van der Waals surface area contributed by atoms with Crippen molar-refractivity contribution in [3.63, 3.8) is 0 Å². The Hall–Kier alpha value is -2.66. The Kier molecular flexibility index (Phi) is 5.91. The average molecular weight is 365 g/mol. The number of nitrogens with two attached hydrogens (primary N) is 1. The maximum atomic E-state index is 12.3. The van der Waals surface area contributed by atoms with E-state index < -0.39 is 5.91 Å². The number of fused-ring (bicyclic) bond motifs is 1. The van der Waals surface area contributed by atoms with E-state index in [1.807, 2.05) is 43.3 Å². The Balaban J connectivity index is 2.24. The van der Waals surface area contributed by atoms with Gasteiger partial charge in [-0.15, -0.1) is 0 Å². The Morgan fingerprint density at radius 1 is 1.19 bits per heavy atom. The predicted molar refractivity (Wildman–Crippen MR) is 109 cm³/mol. The molecule has 3 aromatic rings. The van der Waals surface area contributed by atoms with E-state index in [0.29, 0.717) is 18.5 Å². The first-order valence-electron chi connectivity index (χ1n) is 9.57. The lowest BCUT2D eigenvalue weighted by Crippen LogP contribution is -2.14. The molecule has 142 valence electrons. The molecule has 0 aliphatic carbocycles. The molecule has 1 amide bonds. The molecule has 0 unspecified atom stereocenters. The van der Waals surface area contributed by atoms with Crippen LogP contribution in [-0.4, -0.2) is 27.2 Å². The van der Waals surface area contributed by atoms with Gasteiger partial charge in [0.25, 0.3) is 5.91 Å². The van der Waals surface area contributed by atoms with Gasteiger partial charge in [0, 0.05) is 35.5 Å². The summed E-state index contributed by atoms with van der Waals surface area (Å²) in [5.41, 5.74) is 10.8. The standard InChI is InChI=1S/C22H27N3O2/c1-3-4-10-19-21(18-12-11-16-8-5-6-9-17(16)24-18)20(22(23)27)15(2)25(19)13-7-14-26/h5-6,8-9,11-12,26H,3-4,7,10,13-14H2,1-2H3,(H2,23,27). The minimum atomic E-state index is -0.432. The fourth-order valence-electron chi connectivity index (χ4n) is 3.72. The highest BCUT2D eigenvalue weighted by molar-refractivity contribution is 6.02. The van der Waals surface area contributed by atoms with Crippen molar-refractivity contribution in [3.8, 4) is 11.3 Å². The van der Waals surface area contributed by atoms with Crippen molar-refractivity contribution in [1.82, 2.24) is 9.55 Å². The molecule has 0 fully saturated rings. The summed E-state index contributed by atoms with van der Waals surface area (Å²) in [6.45, 7) is 4.85. The van der Waals surface area contributed by atoms with Crippen LogP contribution in [0, 0.1) is 6.92 Å². The minimum Gasteiger partial charge on any atom is -0.396 e. The summed E-state index contributed by atoms with van der Waals surface area (Å²) in [4.78, 5) is 17.1. The second kappa shape index (κ2) is 8.35. The van der Waals surface area contributed by atoms with Crippen LogP contribution in [-0.2, 0) is 13.0 Å². The minimum absolute atomic E-state index is 0.111. The van der Waals surface area contributed by atoms with E-state index in [1.165, 1.54) is 0 Å². The molecule has 0 saturated carbocycles. The van der Waals surface area contributed by atoms with Gasteiger partial charge in [-0.25, -0.2) is 4.98 Å². The van der Waals surface area contributed by atoms with E-state index in [2.05, 4.69) is 11.5 Å². The molecule has 3 rings (SSSR count). The van der Waals surface area contributed by atoms with E-state index in [1.54, 1.807) is 0 Å². The molecule has 27 heavy (non-hydrogen) atoms. The smallest absolute Gasteiger partial charge is 0.251 e. The molecule has 0 bridgehead atoms. The molecule has 2 heterocycles. The van der Waals surface area contributed by atoms with Gasteiger partial charge in [-0.2, -0.15) is 0 Å². The number of benzene rings is 1. The number of para-hydroxylation sites is 1. The number of nitrogens with zero attached hydrogens (tertiary/aromatic N) is 2. The number of hydrogen-bond acceptors (Lipinski definition) is 3. The highest BCUT2D eigenvalue weighted by Crippen LogP contribution is 2.34. The van der Waals surface area contributed by atoms with Gasteiger partial charge in [0.05, 0.1) is 16.8 Å². The first-order chi connectivity index (χ1) is 13.1. The molecule has 0 radical (unpaired) electrons.